The van der Waals surface area contributed by atoms with Gasteiger partial charge in [0.1, 0.15) is 6.29 Å². The summed E-state index contributed by atoms with van der Waals surface area (Å²) in [6, 6.07) is 22.5. The Balaban J connectivity index is 1.36. The molecule has 1 aliphatic rings. The zero-order valence-corrected chi connectivity index (χ0v) is 22.0. The standard InChI is InChI=1S/C32H35N3O2/c1-20(19-36)33-29-10-5-7-24(15-29)18-35-23(4)21(2)30-17-28(13-14-31(30)35)32(37)34-22(3)26-8-6-9-27(16-26)25-11-12-25/h5-10,13-17,19-20,22,25,33H,11-12,18H2,1-4H3,(H,34,37)/t20-,22-/m0/s1. The number of aryl methyl sites for hydroxylation is 1. The van der Waals surface area contributed by atoms with E-state index in [0.29, 0.717) is 18.0 Å². The second-order valence-electron chi connectivity index (χ2n) is 10.4. The third-order valence-corrected chi connectivity index (χ3v) is 7.57. The van der Waals surface area contributed by atoms with Crippen LogP contribution in [0.3, 0.4) is 0 Å². The number of aldehydes is 1. The van der Waals surface area contributed by atoms with Gasteiger partial charge in [-0.25, -0.2) is 0 Å². The Hall–Kier alpha value is -3.86. The van der Waals surface area contributed by atoms with Crippen LogP contribution in [0.4, 0.5) is 5.69 Å². The topological polar surface area (TPSA) is 63.1 Å². The Morgan fingerprint density at radius 2 is 1.81 bits per heavy atom. The van der Waals surface area contributed by atoms with E-state index >= 15 is 0 Å². The number of benzene rings is 3. The number of anilines is 1. The van der Waals surface area contributed by atoms with E-state index in [0.717, 1.165) is 34.0 Å². The van der Waals surface area contributed by atoms with Crippen LogP contribution in [0.15, 0.2) is 66.7 Å². The van der Waals surface area contributed by atoms with Gasteiger partial charge in [0.15, 0.2) is 0 Å². The summed E-state index contributed by atoms with van der Waals surface area (Å²) in [5, 5.41) is 7.50. The molecule has 2 N–H and O–H groups in total. The highest BCUT2D eigenvalue weighted by atomic mass is 16.1. The predicted octanol–water partition coefficient (Wildman–Crippen LogP) is 6.67. The third-order valence-electron chi connectivity index (χ3n) is 7.57. The van der Waals surface area contributed by atoms with Crippen LogP contribution in [0, 0.1) is 13.8 Å². The van der Waals surface area contributed by atoms with E-state index < -0.39 is 0 Å². The van der Waals surface area contributed by atoms with E-state index in [-0.39, 0.29) is 18.0 Å². The van der Waals surface area contributed by atoms with E-state index in [4.69, 9.17) is 0 Å². The quantitative estimate of drug-likeness (QED) is 0.256. The van der Waals surface area contributed by atoms with Crippen LogP contribution in [0.5, 0.6) is 0 Å². The van der Waals surface area contributed by atoms with Crippen molar-refractivity contribution in [3.05, 3.63) is 100 Å². The van der Waals surface area contributed by atoms with Crippen LogP contribution in [-0.4, -0.2) is 22.8 Å². The highest BCUT2D eigenvalue weighted by Gasteiger charge is 2.24. The molecule has 3 aromatic carbocycles. The minimum Gasteiger partial charge on any atom is -0.376 e. The van der Waals surface area contributed by atoms with E-state index in [1.54, 1.807) is 0 Å². The molecule has 1 fully saturated rings. The zero-order valence-electron chi connectivity index (χ0n) is 22.0. The summed E-state index contributed by atoms with van der Waals surface area (Å²) in [5.74, 6) is 0.637. The van der Waals surface area contributed by atoms with Gasteiger partial charge >= 0.3 is 0 Å². The first-order chi connectivity index (χ1) is 17.8. The molecule has 1 aliphatic carbocycles. The molecule has 5 heteroatoms. The van der Waals surface area contributed by atoms with E-state index in [1.165, 1.54) is 29.7 Å². The van der Waals surface area contributed by atoms with Gasteiger partial charge in [-0.15, -0.1) is 0 Å². The van der Waals surface area contributed by atoms with Crippen LogP contribution >= 0.6 is 0 Å². The zero-order chi connectivity index (χ0) is 26.1. The Labute approximate surface area is 218 Å². The number of nitrogens with zero attached hydrogens (tertiary/aromatic N) is 1. The van der Waals surface area contributed by atoms with Crippen molar-refractivity contribution in [2.75, 3.05) is 5.32 Å². The molecule has 0 bridgehead atoms. The predicted molar refractivity (Wildman–Crippen MR) is 150 cm³/mol. The first-order valence-corrected chi connectivity index (χ1v) is 13.1. The second kappa shape index (κ2) is 10.3. The van der Waals surface area contributed by atoms with Crippen LogP contribution in [0.25, 0.3) is 10.9 Å². The summed E-state index contributed by atoms with van der Waals surface area (Å²) in [6.07, 6.45) is 3.44. The van der Waals surface area contributed by atoms with Crippen molar-refractivity contribution >= 4 is 28.8 Å². The molecule has 0 radical (unpaired) electrons. The number of hydrogen-bond donors (Lipinski definition) is 2. The molecule has 1 saturated carbocycles. The summed E-state index contributed by atoms with van der Waals surface area (Å²) in [5.41, 5.74) is 8.74. The average molecular weight is 494 g/mol. The number of amides is 1. The monoisotopic (exact) mass is 493 g/mol. The maximum Gasteiger partial charge on any atom is 0.251 e. The Morgan fingerprint density at radius 1 is 1.03 bits per heavy atom. The van der Waals surface area contributed by atoms with Crippen molar-refractivity contribution in [1.29, 1.82) is 0 Å². The molecule has 190 valence electrons. The number of hydrogen-bond acceptors (Lipinski definition) is 3. The highest BCUT2D eigenvalue weighted by molar-refractivity contribution is 5.99. The Morgan fingerprint density at radius 3 is 2.57 bits per heavy atom. The molecule has 0 spiro atoms. The summed E-state index contributed by atoms with van der Waals surface area (Å²) in [7, 11) is 0. The lowest BCUT2D eigenvalue weighted by Gasteiger charge is -2.16. The number of rotatable bonds is 9. The van der Waals surface area contributed by atoms with Gasteiger partial charge in [0.2, 0.25) is 0 Å². The number of aromatic nitrogens is 1. The lowest BCUT2D eigenvalue weighted by Crippen LogP contribution is -2.26. The van der Waals surface area contributed by atoms with Gasteiger partial charge in [-0.3, -0.25) is 4.79 Å². The first-order valence-electron chi connectivity index (χ1n) is 13.1. The van der Waals surface area contributed by atoms with Gasteiger partial charge in [0, 0.05) is 34.4 Å². The molecule has 5 rings (SSSR count). The number of carbonyl (C=O) groups excluding carboxylic acids is 2. The van der Waals surface area contributed by atoms with Crippen molar-refractivity contribution in [2.24, 2.45) is 0 Å². The van der Waals surface area contributed by atoms with E-state index in [1.807, 2.05) is 38.1 Å². The fourth-order valence-corrected chi connectivity index (χ4v) is 5.10. The summed E-state index contributed by atoms with van der Waals surface area (Å²) < 4.78 is 2.29. The van der Waals surface area contributed by atoms with Crippen LogP contribution in [0.1, 0.15) is 77.0 Å². The molecule has 4 aromatic rings. The molecule has 0 saturated heterocycles. The van der Waals surface area contributed by atoms with Crippen molar-refractivity contribution in [2.45, 2.75) is 65.1 Å². The van der Waals surface area contributed by atoms with Crippen molar-refractivity contribution in [3.63, 3.8) is 0 Å². The molecule has 37 heavy (non-hydrogen) atoms. The molecule has 1 heterocycles. The maximum atomic E-state index is 13.2. The van der Waals surface area contributed by atoms with Gasteiger partial charge in [0.05, 0.1) is 12.1 Å². The largest absolute Gasteiger partial charge is 0.376 e. The smallest absolute Gasteiger partial charge is 0.251 e. The molecule has 0 aliphatic heterocycles. The van der Waals surface area contributed by atoms with Crippen LogP contribution < -0.4 is 10.6 Å². The van der Waals surface area contributed by atoms with Gasteiger partial charge in [-0.1, -0.05) is 36.4 Å². The lowest BCUT2D eigenvalue weighted by atomic mass is 10.0. The molecule has 1 amide bonds. The van der Waals surface area contributed by atoms with Gasteiger partial charge in [-0.2, -0.15) is 0 Å². The Bertz CT molecular complexity index is 1460. The first kappa shape index (κ1) is 24.8. The fraction of sp³-hybridized carbons (Fsp3) is 0.312. The van der Waals surface area contributed by atoms with Crippen LogP contribution in [-0.2, 0) is 11.3 Å². The van der Waals surface area contributed by atoms with E-state index in [9.17, 15) is 9.59 Å². The Kier molecular flexibility index (Phi) is 6.88. The molecular formula is C32H35N3O2. The summed E-state index contributed by atoms with van der Waals surface area (Å²) in [6.45, 7) is 8.84. The number of fused-ring (bicyclic) bond motifs is 1. The minimum absolute atomic E-state index is 0.0564. The van der Waals surface area contributed by atoms with E-state index in [2.05, 4.69) is 71.5 Å². The molecule has 0 unspecified atom stereocenters. The summed E-state index contributed by atoms with van der Waals surface area (Å²) in [4.78, 5) is 24.2. The van der Waals surface area contributed by atoms with Crippen molar-refractivity contribution in [1.82, 2.24) is 9.88 Å². The third kappa shape index (κ3) is 5.31. The van der Waals surface area contributed by atoms with Crippen LogP contribution in [0.2, 0.25) is 0 Å². The van der Waals surface area contributed by atoms with Gasteiger partial charge in [-0.05, 0) is 99.0 Å². The molecule has 2 atom stereocenters. The highest BCUT2D eigenvalue weighted by Crippen LogP contribution is 2.40. The fourth-order valence-electron chi connectivity index (χ4n) is 5.10. The SMILES string of the molecule is Cc1c(C)n(Cc2cccc(N[C@@H](C)C=O)c2)c2ccc(C(=O)N[C@@H](C)c3cccc(C4CC4)c3)cc12. The van der Waals surface area contributed by atoms with Crippen molar-refractivity contribution < 1.29 is 9.59 Å². The lowest BCUT2D eigenvalue weighted by molar-refractivity contribution is -0.108. The van der Waals surface area contributed by atoms with Crippen molar-refractivity contribution in [3.8, 4) is 0 Å². The maximum absolute atomic E-state index is 13.2. The average Bonchev–Trinajstić information content (AvgIpc) is 3.73. The number of nitrogens with one attached hydrogen (secondary N) is 2. The molecule has 5 nitrogen and oxygen atoms in total. The minimum atomic E-state index is -0.235. The normalized spacial score (nSPS) is 14.8. The molecular weight excluding hydrogens is 458 g/mol. The number of carbonyl (C=O) groups is 2. The summed E-state index contributed by atoms with van der Waals surface area (Å²) >= 11 is 0. The van der Waals surface area contributed by atoms with Gasteiger partial charge < -0.3 is 20.0 Å². The molecule has 1 aromatic heterocycles. The van der Waals surface area contributed by atoms with Gasteiger partial charge in [0.25, 0.3) is 5.91 Å². The second-order valence-corrected chi connectivity index (χ2v) is 10.4.